The second kappa shape index (κ2) is 17.7. The Morgan fingerprint density at radius 2 is 1.44 bits per heavy atom. The van der Waals surface area contributed by atoms with Gasteiger partial charge in [0.05, 0.1) is 33.0 Å². The van der Waals surface area contributed by atoms with E-state index in [2.05, 4.69) is 46.0 Å². The number of phenols is 1. The molecule has 5 aromatic rings. The van der Waals surface area contributed by atoms with Crippen LogP contribution in [0.1, 0.15) is 27.7 Å². The number of ether oxygens (including phenoxy) is 1. The summed E-state index contributed by atoms with van der Waals surface area (Å²) in [6.07, 6.45) is -0.494. The van der Waals surface area contributed by atoms with Crippen molar-refractivity contribution >= 4 is 85.9 Å². The van der Waals surface area contributed by atoms with Crippen LogP contribution in [0.3, 0.4) is 0 Å². The van der Waals surface area contributed by atoms with Crippen LogP contribution in [-0.4, -0.2) is 72.9 Å². The number of benzene rings is 4. The fourth-order valence-corrected chi connectivity index (χ4v) is 7.92. The summed E-state index contributed by atoms with van der Waals surface area (Å²) < 4.78 is 119. The fourth-order valence-electron chi connectivity index (χ4n) is 4.99. The van der Waals surface area contributed by atoms with Gasteiger partial charge in [-0.2, -0.15) is 51.4 Å². The number of hydroxylamine groups is 1. The third-order valence-electron chi connectivity index (χ3n) is 7.30. The Balaban J connectivity index is 1.77. The minimum absolute atomic E-state index is 0.0240. The van der Waals surface area contributed by atoms with Gasteiger partial charge in [-0.3, -0.25) is 0 Å². The van der Waals surface area contributed by atoms with E-state index in [0.29, 0.717) is 0 Å². The Bertz CT molecular complexity index is 2880. The maximum Gasteiger partial charge on any atom is 0.382 e. The van der Waals surface area contributed by atoms with Gasteiger partial charge in [0.15, 0.2) is 17.2 Å². The molecule has 0 bridgehead atoms. The summed E-state index contributed by atoms with van der Waals surface area (Å²) in [5.74, 6) is -2.11. The smallest absolute Gasteiger partial charge is 0.382 e. The lowest BCUT2D eigenvalue weighted by molar-refractivity contribution is 0.210. The summed E-state index contributed by atoms with van der Waals surface area (Å²) in [7, 11) is -17.6. The van der Waals surface area contributed by atoms with E-state index in [4.69, 9.17) is 23.5 Å². The van der Waals surface area contributed by atoms with Gasteiger partial charge in [0, 0.05) is 18.5 Å². The molecule has 0 spiro atoms. The molecule has 59 heavy (non-hydrogen) atoms. The summed E-state index contributed by atoms with van der Waals surface area (Å²) in [4.78, 5) is 11.6. The third kappa shape index (κ3) is 11.3. The molecule has 0 aliphatic carbocycles. The molecule has 1 heterocycles. The highest BCUT2D eigenvalue weighted by Crippen LogP contribution is 2.48. The van der Waals surface area contributed by atoms with Crippen molar-refractivity contribution in [2.45, 2.75) is 48.5 Å². The number of sulfonamides is 2. The molecule has 1 aromatic heterocycles. The highest BCUT2D eigenvalue weighted by molar-refractivity contribution is 7.89. The lowest BCUT2D eigenvalue weighted by Gasteiger charge is -2.17. The number of primary sulfonamides is 2. The molecule has 9 N–H and O–H groups in total. The van der Waals surface area contributed by atoms with Gasteiger partial charge in [0.1, 0.15) is 4.90 Å². The minimum Gasteiger partial charge on any atom is -0.505 e. The maximum absolute atomic E-state index is 13.4. The SMILES string of the molecule is CCNOS(=O)(=O)c1cc(Nc2nc(Nc3ccccc3S(N)(=O)=O)nc(OC(C)C)n2)c2c(O)c(N=Nc3cccc(S(N)(=O)=O)c3)c(OS(=O)(=O)NCC)cc2c1. The van der Waals surface area contributed by atoms with Crippen LogP contribution in [-0.2, 0) is 44.8 Å². The Morgan fingerprint density at radius 1 is 0.763 bits per heavy atom. The summed E-state index contributed by atoms with van der Waals surface area (Å²) in [6, 6.07) is 13.3. The van der Waals surface area contributed by atoms with Crippen molar-refractivity contribution in [2.75, 3.05) is 23.7 Å². The summed E-state index contributed by atoms with van der Waals surface area (Å²) in [5, 5.41) is 35.7. The van der Waals surface area contributed by atoms with Crippen molar-refractivity contribution in [1.82, 2.24) is 25.2 Å². The van der Waals surface area contributed by atoms with Crippen LogP contribution in [0.25, 0.3) is 10.8 Å². The van der Waals surface area contributed by atoms with Crippen molar-refractivity contribution in [3.8, 4) is 17.5 Å². The second-order valence-electron chi connectivity index (χ2n) is 12.2. The normalized spacial score (nSPS) is 12.6. The Labute approximate surface area is 338 Å². The fraction of sp³-hybridized carbons (Fsp3) is 0.219. The number of aromatic hydroxyl groups is 1. The lowest BCUT2D eigenvalue weighted by Crippen LogP contribution is -2.27. The molecule has 0 fully saturated rings. The van der Waals surface area contributed by atoms with Crippen LogP contribution in [0.2, 0.25) is 0 Å². The predicted molar refractivity (Wildman–Crippen MR) is 213 cm³/mol. The number of hydrogen-bond donors (Lipinski definition) is 7. The molecular weight excluding hydrogens is 859 g/mol. The number of nitrogens with zero attached hydrogens (tertiary/aromatic N) is 5. The maximum atomic E-state index is 13.4. The quantitative estimate of drug-likeness (QED) is 0.0490. The van der Waals surface area contributed by atoms with Crippen molar-refractivity contribution in [3.05, 3.63) is 66.7 Å². The minimum atomic E-state index is -4.63. The number of rotatable bonds is 18. The number of hydrogen-bond acceptors (Lipinski definition) is 20. The monoisotopic (exact) mass is 895 g/mol. The Hall–Kier alpha value is -5.65. The predicted octanol–water partition coefficient (Wildman–Crippen LogP) is 3.18. The van der Waals surface area contributed by atoms with E-state index in [9.17, 15) is 38.8 Å². The first-order valence-corrected chi connectivity index (χ1v) is 22.8. The average Bonchev–Trinajstić information content (AvgIpc) is 3.12. The molecular formula is C32H37N11O12S4. The van der Waals surface area contributed by atoms with E-state index < -0.39 is 68.7 Å². The zero-order valence-corrected chi connectivity index (χ0v) is 34.6. The van der Waals surface area contributed by atoms with Crippen LogP contribution < -0.4 is 40.0 Å². The van der Waals surface area contributed by atoms with E-state index in [0.717, 1.165) is 24.3 Å². The molecule has 0 atom stereocenters. The van der Waals surface area contributed by atoms with Crippen LogP contribution in [0.5, 0.6) is 17.5 Å². The van der Waals surface area contributed by atoms with Crippen molar-refractivity contribution in [2.24, 2.45) is 20.5 Å². The molecule has 0 amide bonds. The number of para-hydroxylation sites is 1. The van der Waals surface area contributed by atoms with Gasteiger partial charge in [-0.1, -0.05) is 32.0 Å². The number of fused-ring (bicyclic) bond motifs is 1. The summed E-state index contributed by atoms with van der Waals surface area (Å²) in [6.45, 7) is 6.33. The molecule has 0 aliphatic heterocycles. The highest BCUT2D eigenvalue weighted by Gasteiger charge is 2.26. The van der Waals surface area contributed by atoms with Gasteiger partial charge >= 0.3 is 26.4 Å². The molecule has 0 saturated heterocycles. The molecule has 316 valence electrons. The van der Waals surface area contributed by atoms with Crippen LogP contribution in [0, 0.1) is 0 Å². The number of nitrogens with two attached hydrogens (primary N) is 2. The largest absolute Gasteiger partial charge is 0.505 e. The molecule has 4 aromatic carbocycles. The van der Waals surface area contributed by atoms with Crippen LogP contribution >= 0.6 is 0 Å². The molecule has 27 heteroatoms. The molecule has 0 saturated carbocycles. The van der Waals surface area contributed by atoms with Gasteiger partial charge in [-0.05, 0) is 67.8 Å². The van der Waals surface area contributed by atoms with Gasteiger partial charge in [-0.15, -0.1) is 5.11 Å². The average molecular weight is 896 g/mol. The van der Waals surface area contributed by atoms with E-state index >= 15 is 0 Å². The van der Waals surface area contributed by atoms with Crippen LogP contribution in [0.15, 0.2) is 91.6 Å². The number of azo groups is 1. The third-order valence-corrected chi connectivity index (χ3v) is 11.4. The van der Waals surface area contributed by atoms with Gasteiger partial charge in [-0.25, -0.2) is 27.1 Å². The van der Waals surface area contributed by atoms with Crippen molar-refractivity contribution < 1.29 is 52.0 Å². The number of phenolic OH excluding ortho intramolecular Hbond substituents is 1. The van der Waals surface area contributed by atoms with Crippen LogP contribution in [0.4, 0.5) is 34.6 Å². The molecule has 5 rings (SSSR count). The number of anilines is 4. The molecule has 0 unspecified atom stereocenters. The Morgan fingerprint density at radius 3 is 2.07 bits per heavy atom. The Kier molecular flexibility index (Phi) is 13.3. The lowest BCUT2D eigenvalue weighted by atomic mass is 10.1. The summed E-state index contributed by atoms with van der Waals surface area (Å²) in [5.41, 5.74) is 1.25. The first-order valence-electron chi connectivity index (χ1n) is 16.9. The standard InChI is InChI=1S/C32H37N11O12S4/c1-5-35-55-58(49,50)22-14-19-15-25(54-59(51,52)36-6-2)28(43-42-20-10-9-11-21(16-20)56(33,45)46)29(44)27(19)24(17-22)38-31-39-30(40-32(41-31)53-18(3)4)37-23-12-7-8-13-26(23)57(34,47)48/h7-18,35-36,44H,5-6H2,1-4H3,(H2,33,45,46)(H2,34,47,48)(H2,37,38,39,40,41). The molecule has 0 aliphatic rings. The van der Waals surface area contributed by atoms with E-state index in [-0.39, 0.29) is 68.6 Å². The zero-order chi connectivity index (χ0) is 43.3. The topological polar surface area (TPSA) is 348 Å². The van der Waals surface area contributed by atoms with Crippen molar-refractivity contribution in [3.63, 3.8) is 0 Å². The first-order chi connectivity index (χ1) is 27.6. The van der Waals surface area contributed by atoms with E-state index in [1.165, 1.54) is 49.4 Å². The number of aromatic nitrogens is 3. The van der Waals surface area contributed by atoms with Gasteiger partial charge in [0.25, 0.3) is 0 Å². The first kappa shape index (κ1) is 44.5. The summed E-state index contributed by atoms with van der Waals surface area (Å²) >= 11 is 0. The molecule has 23 nitrogen and oxygen atoms in total. The highest BCUT2D eigenvalue weighted by atomic mass is 32.2. The van der Waals surface area contributed by atoms with E-state index in [1.807, 2.05) is 0 Å². The van der Waals surface area contributed by atoms with Crippen molar-refractivity contribution in [1.29, 1.82) is 0 Å². The van der Waals surface area contributed by atoms with E-state index in [1.54, 1.807) is 20.8 Å². The second-order valence-corrected chi connectivity index (χ2v) is 18.2. The number of nitrogens with one attached hydrogen (secondary N) is 4. The van der Waals surface area contributed by atoms with Gasteiger partial charge in [0.2, 0.25) is 31.9 Å². The van der Waals surface area contributed by atoms with Gasteiger partial charge < -0.3 is 24.7 Å². The zero-order valence-electron chi connectivity index (χ0n) is 31.3. The molecule has 0 radical (unpaired) electrons.